The number of hydrogen-bond donors (Lipinski definition) is 1. The molecule has 1 atom stereocenters. The van der Waals surface area contributed by atoms with Crippen molar-refractivity contribution in [2.45, 2.75) is 32.5 Å². The van der Waals surface area contributed by atoms with Crippen molar-refractivity contribution in [3.63, 3.8) is 0 Å². The molecule has 0 amide bonds. The van der Waals surface area contributed by atoms with Gasteiger partial charge in [-0.25, -0.2) is 0 Å². The molecule has 0 radical (unpaired) electrons. The second-order valence-electron chi connectivity index (χ2n) is 5.88. The standard InChI is InChI=1S/C18H17ClF3N3O3/c1-3-11(2)28-17-7-4-12(8-14(17)19)10-23-24-15-6-5-13(18(20,21)22)9-16(15)25(26)27/h4-11,24H,3H2,1-2H3/b23-10-/t11-/m0/s1. The fraction of sp³-hybridized carbons (Fsp3) is 0.278. The highest BCUT2D eigenvalue weighted by molar-refractivity contribution is 6.32. The average Bonchev–Trinajstić information content (AvgIpc) is 2.62. The van der Waals surface area contributed by atoms with Crippen molar-refractivity contribution in [1.29, 1.82) is 0 Å². The summed E-state index contributed by atoms with van der Waals surface area (Å²) in [7, 11) is 0. The zero-order chi connectivity index (χ0) is 20.9. The number of nitrogens with zero attached hydrogens (tertiary/aromatic N) is 2. The number of nitro groups is 1. The van der Waals surface area contributed by atoms with Crippen LogP contribution in [0.1, 0.15) is 31.4 Å². The number of nitrogens with one attached hydrogen (secondary N) is 1. The summed E-state index contributed by atoms with van der Waals surface area (Å²) in [6.45, 7) is 3.89. The van der Waals surface area contributed by atoms with Gasteiger partial charge in [0, 0.05) is 6.07 Å². The van der Waals surface area contributed by atoms with Gasteiger partial charge in [-0.2, -0.15) is 18.3 Å². The number of hydrazone groups is 1. The first-order valence-corrected chi connectivity index (χ1v) is 8.60. The fourth-order valence-corrected chi connectivity index (χ4v) is 2.36. The Kier molecular flexibility index (Phi) is 6.85. The van der Waals surface area contributed by atoms with E-state index in [1.807, 2.05) is 13.8 Å². The molecule has 0 bridgehead atoms. The van der Waals surface area contributed by atoms with Crippen LogP contribution >= 0.6 is 11.6 Å². The summed E-state index contributed by atoms with van der Waals surface area (Å²) >= 11 is 6.15. The van der Waals surface area contributed by atoms with Crippen molar-refractivity contribution >= 4 is 29.2 Å². The number of halogens is 4. The third-order valence-corrected chi connectivity index (χ3v) is 4.07. The number of anilines is 1. The molecule has 0 heterocycles. The van der Waals surface area contributed by atoms with Crippen LogP contribution in [0.25, 0.3) is 0 Å². The summed E-state index contributed by atoms with van der Waals surface area (Å²) in [4.78, 5) is 10.1. The molecule has 0 aliphatic rings. The van der Waals surface area contributed by atoms with Crippen LogP contribution in [-0.4, -0.2) is 17.2 Å². The molecule has 0 aromatic heterocycles. The molecule has 0 unspecified atom stereocenters. The number of benzene rings is 2. The molecule has 0 saturated carbocycles. The Bertz CT molecular complexity index is 888. The fourth-order valence-electron chi connectivity index (χ4n) is 2.12. The van der Waals surface area contributed by atoms with Crippen LogP contribution in [-0.2, 0) is 6.18 Å². The summed E-state index contributed by atoms with van der Waals surface area (Å²) < 4.78 is 43.8. The lowest BCUT2D eigenvalue weighted by Gasteiger charge is -2.13. The molecule has 6 nitrogen and oxygen atoms in total. The third kappa shape index (κ3) is 5.59. The van der Waals surface area contributed by atoms with E-state index in [0.29, 0.717) is 22.4 Å². The Morgan fingerprint density at radius 1 is 1.32 bits per heavy atom. The van der Waals surface area contributed by atoms with E-state index in [0.717, 1.165) is 18.6 Å². The van der Waals surface area contributed by atoms with Gasteiger partial charge in [0.15, 0.2) is 0 Å². The maximum Gasteiger partial charge on any atom is 0.416 e. The van der Waals surface area contributed by atoms with Gasteiger partial charge in [-0.15, -0.1) is 0 Å². The molecule has 2 aromatic rings. The quantitative estimate of drug-likeness (QED) is 0.347. The lowest BCUT2D eigenvalue weighted by Crippen LogP contribution is -2.10. The van der Waals surface area contributed by atoms with E-state index in [1.165, 1.54) is 6.21 Å². The second kappa shape index (κ2) is 8.92. The van der Waals surface area contributed by atoms with Crippen LogP contribution < -0.4 is 10.2 Å². The van der Waals surface area contributed by atoms with Gasteiger partial charge >= 0.3 is 6.18 Å². The first kappa shape index (κ1) is 21.5. The molecule has 0 aliphatic carbocycles. The van der Waals surface area contributed by atoms with Gasteiger partial charge in [-0.3, -0.25) is 15.5 Å². The molecule has 10 heteroatoms. The van der Waals surface area contributed by atoms with Crippen LogP contribution in [0, 0.1) is 10.1 Å². The van der Waals surface area contributed by atoms with Gasteiger partial charge in [0.25, 0.3) is 5.69 Å². The number of hydrogen-bond acceptors (Lipinski definition) is 5. The van der Waals surface area contributed by atoms with Crippen LogP contribution in [0.4, 0.5) is 24.5 Å². The molecule has 2 aromatic carbocycles. The highest BCUT2D eigenvalue weighted by atomic mass is 35.5. The lowest BCUT2D eigenvalue weighted by atomic mass is 10.1. The van der Waals surface area contributed by atoms with E-state index in [9.17, 15) is 23.3 Å². The molecule has 1 N–H and O–H groups in total. The highest BCUT2D eigenvalue weighted by Crippen LogP contribution is 2.35. The van der Waals surface area contributed by atoms with E-state index < -0.39 is 22.4 Å². The Morgan fingerprint density at radius 2 is 2.04 bits per heavy atom. The summed E-state index contributed by atoms with van der Waals surface area (Å²) in [6.07, 6.45) is -2.53. The average molecular weight is 416 g/mol. The van der Waals surface area contributed by atoms with Gasteiger partial charge in [0.05, 0.1) is 27.8 Å². The summed E-state index contributed by atoms with van der Waals surface area (Å²) in [6, 6.07) is 7.07. The molecule has 0 fully saturated rings. The van der Waals surface area contributed by atoms with E-state index in [-0.39, 0.29) is 11.8 Å². The third-order valence-electron chi connectivity index (χ3n) is 3.78. The first-order valence-electron chi connectivity index (χ1n) is 8.22. The Morgan fingerprint density at radius 3 is 2.61 bits per heavy atom. The molecule has 2 rings (SSSR count). The van der Waals surface area contributed by atoms with Crippen molar-refractivity contribution in [3.8, 4) is 5.75 Å². The van der Waals surface area contributed by atoms with Gasteiger partial charge < -0.3 is 4.74 Å². The van der Waals surface area contributed by atoms with Gasteiger partial charge in [0.1, 0.15) is 11.4 Å². The molecular weight excluding hydrogens is 399 g/mol. The van der Waals surface area contributed by atoms with E-state index in [1.54, 1.807) is 18.2 Å². The SMILES string of the molecule is CC[C@H](C)Oc1ccc(/C=N\Nc2ccc(C(F)(F)F)cc2[N+](=O)[O-])cc1Cl. The number of ether oxygens (including phenoxy) is 1. The maximum absolute atomic E-state index is 12.7. The summed E-state index contributed by atoms with van der Waals surface area (Å²) in [5.74, 6) is 0.513. The molecule has 150 valence electrons. The Hall–Kier alpha value is -2.81. The van der Waals surface area contributed by atoms with E-state index >= 15 is 0 Å². The van der Waals surface area contributed by atoms with E-state index in [2.05, 4.69) is 10.5 Å². The predicted octanol–water partition coefficient (Wildman–Crippen LogP) is 5.89. The zero-order valence-corrected chi connectivity index (χ0v) is 15.7. The van der Waals surface area contributed by atoms with Gasteiger partial charge in [-0.05, 0) is 49.2 Å². The predicted molar refractivity (Wildman–Crippen MR) is 101 cm³/mol. The van der Waals surface area contributed by atoms with Crippen molar-refractivity contribution in [2.75, 3.05) is 5.43 Å². The highest BCUT2D eigenvalue weighted by Gasteiger charge is 2.33. The monoisotopic (exact) mass is 415 g/mol. The first-order chi connectivity index (χ1) is 13.1. The molecule has 0 aliphatic heterocycles. The molecular formula is C18H17ClF3N3O3. The molecule has 28 heavy (non-hydrogen) atoms. The van der Waals surface area contributed by atoms with Crippen LogP contribution in [0.5, 0.6) is 5.75 Å². The maximum atomic E-state index is 12.7. The van der Waals surface area contributed by atoms with Crippen molar-refractivity contribution in [3.05, 3.63) is 62.7 Å². The minimum absolute atomic E-state index is 0.00102. The number of nitro benzene ring substituents is 1. The van der Waals surface area contributed by atoms with Gasteiger partial charge in [0.2, 0.25) is 0 Å². The van der Waals surface area contributed by atoms with E-state index in [4.69, 9.17) is 16.3 Å². The number of rotatable bonds is 7. The Balaban J connectivity index is 2.16. The van der Waals surface area contributed by atoms with Crippen LogP contribution in [0.15, 0.2) is 41.5 Å². The largest absolute Gasteiger partial charge is 0.489 e. The van der Waals surface area contributed by atoms with Crippen LogP contribution in [0.2, 0.25) is 5.02 Å². The smallest absolute Gasteiger partial charge is 0.416 e. The Labute approximate surface area is 164 Å². The minimum atomic E-state index is -4.68. The van der Waals surface area contributed by atoms with Crippen molar-refractivity contribution < 1.29 is 22.8 Å². The second-order valence-corrected chi connectivity index (χ2v) is 6.29. The van der Waals surface area contributed by atoms with Crippen LogP contribution in [0.3, 0.4) is 0 Å². The topological polar surface area (TPSA) is 76.8 Å². The number of alkyl halides is 3. The van der Waals surface area contributed by atoms with Crippen molar-refractivity contribution in [2.24, 2.45) is 5.10 Å². The zero-order valence-electron chi connectivity index (χ0n) is 15.0. The normalized spacial score (nSPS) is 12.8. The summed E-state index contributed by atoms with van der Waals surface area (Å²) in [5, 5.41) is 15.2. The lowest BCUT2D eigenvalue weighted by molar-refractivity contribution is -0.384. The molecule has 0 spiro atoms. The van der Waals surface area contributed by atoms with Crippen molar-refractivity contribution in [1.82, 2.24) is 0 Å². The minimum Gasteiger partial charge on any atom is -0.489 e. The summed E-state index contributed by atoms with van der Waals surface area (Å²) in [5.41, 5.74) is 0.939. The van der Waals surface area contributed by atoms with Gasteiger partial charge in [-0.1, -0.05) is 18.5 Å². The molecule has 0 saturated heterocycles.